The maximum Gasteiger partial charge on any atom is 0.411 e. The molecule has 0 bridgehead atoms. The number of carbonyl (C=O) groups excluding carboxylic acids is 2. The van der Waals surface area contributed by atoms with Crippen LogP contribution in [0, 0.1) is 5.92 Å². The molecule has 122 valence electrons. The Morgan fingerprint density at radius 1 is 1.19 bits per heavy atom. The number of alkyl carbamates (subject to hydrolysis) is 1. The van der Waals surface area contributed by atoms with Gasteiger partial charge in [-0.1, -0.05) is 26.7 Å². The number of carboxylic acid groups (broad SMARTS) is 1. The molecular formula is C14H25NO6. The smallest absolute Gasteiger partial charge is 0.411 e. The van der Waals surface area contributed by atoms with Gasteiger partial charge in [0.25, 0.3) is 0 Å². The van der Waals surface area contributed by atoms with Crippen molar-refractivity contribution in [1.29, 1.82) is 0 Å². The van der Waals surface area contributed by atoms with Crippen molar-refractivity contribution in [2.24, 2.45) is 5.92 Å². The first-order valence-corrected chi connectivity index (χ1v) is 7.04. The monoisotopic (exact) mass is 303 g/mol. The molecule has 0 saturated carbocycles. The summed E-state index contributed by atoms with van der Waals surface area (Å²) in [6, 6.07) is 0. The number of aliphatic carboxylic acids is 1. The molecule has 0 aromatic carbocycles. The Kier molecular flexibility index (Phi) is 7.76. The Bertz CT molecular complexity index is 380. The molecule has 0 unspecified atom stereocenters. The molecule has 0 aromatic rings. The lowest BCUT2D eigenvalue weighted by Gasteiger charge is -2.29. The van der Waals surface area contributed by atoms with E-state index < -0.39 is 29.9 Å². The fourth-order valence-electron chi connectivity index (χ4n) is 2.01. The van der Waals surface area contributed by atoms with Crippen LogP contribution in [0.3, 0.4) is 0 Å². The zero-order valence-electron chi connectivity index (χ0n) is 13.3. The number of nitrogens with one attached hydrogen (secondary N) is 1. The minimum Gasteiger partial charge on any atom is -0.480 e. The van der Waals surface area contributed by atoms with Crippen LogP contribution < -0.4 is 5.32 Å². The molecule has 0 heterocycles. The Labute approximate surface area is 125 Å². The normalized spacial score (nSPS) is 15.0. The maximum atomic E-state index is 11.7. The van der Waals surface area contributed by atoms with Crippen LogP contribution in [0.2, 0.25) is 0 Å². The van der Waals surface area contributed by atoms with Gasteiger partial charge in [-0.25, -0.2) is 9.59 Å². The van der Waals surface area contributed by atoms with Crippen LogP contribution in [-0.4, -0.2) is 35.0 Å². The highest BCUT2D eigenvalue weighted by molar-refractivity contribution is 5.84. The van der Waals surface area contributed by atoms with Crippen molar-refractivity contribution in [2.45, 2.75) is 65.7 Å². The van der Waals surface area contributed by atoms with Gasteiger partial charge in [-0.3, -0.25) is 4.79 Å². The third-order valence-corrected chi connectivity index (χ3v) is 3.31. The first-order valence-electron chi connectivity index (χ1n) is 7.04. The van der Waals surface area contributed by atoms with Crippen molar-refractivity contribution < 1.29 is 29.0 Å². The molecule has 7 nitrogen and oxygen atoms in total. The van der Waals surface area contributed by atoms with E-state index in [4.69, 9.17) is 4.74 Å². The molecular weight excluding hydrogens is 278 g/mol. The van der Waals surface area contributed by atoms with E-state index in [9.17, 15) is 19.5 Å². The summed E-state index contributed by atoms with van der Waals surface area (Å²) in [7, 11) is 0. The molecule has 2 N–H and O–H groups in total. The first kappa shape index (κ1) is 19.2. The van der Waals surface area contributed by atoms with E-state index >= 15 is 0 Å². The third kappa shape index (κ3) is 6.97. The molecule has 0 saturated heterocycles. The SMILES string of the molecule is CCC(CC)C[C@](C)(NC(=O)O[C@H](C)OC(C)=O)C(=O)O. The van der Waals surface area contributed by atoms with Gasteiger partial charge in [-0.2, -0.15) is 0 Å². The van der Waals surface area contributed by atoms with E-state index in [0.717, 1.165) is 12.8 Å². The van der Waals surface area contributed by atoms with Gasteiger partial charge in [0.2, 0.25) is 6.29 Å². The molecule has 0 aliphatic rings. The van der Waals surface area contributed by atoms with Crippen LogP contribution in [0.1, 0.15) is 53.9 Å². The highest BCUT2D eigenvalue weighted by Crippen LogP contribution is 2.23. The predicted molar refractivity (Wildman–Crippen MR) is 75.6 cm³/mol. The lowest BCUT2D eigenvalue weighted by Crippen LogP contribution is -2.53. The van der Waals surface area contributed by atoms with Gasteiger partial charge in [-0.05, 0) is 19.3 Å². The van der Waals surface area contributed by atoms with Gasteiger partial charge in [-0.15, -0.1) is 0 Å². The van der Waals surface area contributed by atoms with E-state index in [1.165, 1.54) is 20.8 Å². The van der Waals surface area contributed by atoms with Crippen molar-refractivity contribution in [3.63, 3.8) is 0 Å². The number of carbonyl (C=O) groups is 3. The summed E-state index contributed by atoms with van der Waals surface area (Å²) in [5, 5.41) is 11.7. The number of amides is 1. The zero-order valence-corrected chi connectivity index (χ0v) is 13.3. The summed E-state index contributed by atoms with van der Waals surface area (Å²) < 4.78 is 9.45. The van der Waals surface area contributed by atoms with Crippen molar-refractivity contribution >= 4 is 18.0 Å². The van der Waals surface area contributed by atoms with E-state index in [0.29, 0.717) is 6.42 Å². The highest BCUT2D eigenvalue weighted by Gasteiger charge is 2.37. The van der Waals surface area contributed by atoms with Crippen molar-refractivity contribution in [1.82, 2.24) is 5.32 Å². The van der Waals surface area contributed by atoms with Gasteiger partial charge in [0, 0.05) is 13.8 Å². The van der Waals surface area contributed by atoms with E-state index in [1.54, 1.807) is 0 Å². The standard InChI is InChI=1S/C14H25NO6/c1-6-11(7-2)8-14(5,12(17)18)15-13(19)21-10(4)20-9(3)16/h10-11H,6-8H2,1-5H3,(H,15,19)(H,17,18)/t10-,14+/m1/s1. The number of esters is 1. The predicted octanol–water partition coefficient (Wildman–Crippen LogP) is 2.29. The van der Waals surface area contributed by atoms with Gasteiger partial charge in [0.15, 0.2) is 0 Å². The second kappa shape index (κ2) is 8.49. The fourth-order valence-corrected chi connectivity index (χ4v) is 2.01. The summed E-state index contributed by atoms with van der Waals surface area (Å²) in [6.07, 6.45) is -0.0694. The Morgan fingerprint density at radius 3 is 2.10 bits per heavy atom. The molecule has 21 heavy (non-hydrogen) atoms. The number of hydrogen-bond acceptors (Lipinski definition) is 5. The van der Waals surface area contributed by atoms with E-state index in [1.807, 2.05) is 13.8 Å². The number of rotatable bonds is 8. The maximum absolute atomic E-state index is 11.7. The van der Waals surface area contributed by atoms with Crippen LogP contribution in [0.5, 0.6) is 0 Å². The van der Waals surface area contributed by atoms with Gasteiger partial charge in [0.1, 0.15) is 5.54 Å². The van der Waals surface area contributed by atoms with Crippen molar-refractivity contribution in [2.75, 3.05) is 0 Å². The molecule has 0 aliphatic carbocycles. The quantitative estimate of drug-likeness (QED) is 0.527. The van der Waals surface area contributed by atoms with E-state index in [2.05, 4.69) is 10.1 Å². The third-order valence-electron chi connectivity index (χ3n) is 3.31. The average molecular weight is 303 g/mol. The summed E-state index contributed by atoms with van der Waals surface area (Å²) >= 11 is 0. The number of carboxylic acids is 1. The molecule has 0 spiro atoms. The van der Waals surface area contributed by atoms with Crippen LogP contribution in [0.15, 0.2) is 0 Å². The topological polar surface area (TPSA) is 102 Å². The van der Waals surface area contributed by atoms with Gasteiger partial charge in [0.05, 0.1) is 0 Å². The molecule has 2 atom stereocenters. The number of hydrogen-bond donors (Lipinski definition) is 2. The average Bonchev–Trinajstić information content (AvgIpc) is 2.34. The largest absolute Gasteiger partial charge is 0.480 e. The molecule has 7 heteroatoms. The second-order valence-corrected chi connectivity index (χ2v) is 5.23. The summed E-state index contributed by atoms with van der Waals surface area (Å²) in [5.41, 5.74) is -1.43. The Balaban J connectivity index is 4.72. The summed E-state index contributed by atoms with van der Waals surface area (Å²) in [6.45, 7) is 7.94. The minimum absolute atomic E-state index is 0.178. The lowest BCUT2D eigenvalue weighted by atomic mass is 9.86. The highest BCUT2D eigenvalue weighted by atomic mass is 16.7. The van der Waals surface area contributed by atoms with Crippen LogP contribution in [-0.2, 0) is 19.1 Å². The van der Waals surface area contributed by atoms with E-state index in [-0.39, 0.29) is 5.92 Å². The zero-order chi connectivity index (χ0) is 16.6. The van der Waals surface area contributed by atoms with Gasteiger partial charge < -0.3 is 19.9 Å². The first-order chi connectivity index (χ1) is 9.64. The van der Waals surface area contributed by atoms with Crippen molar-refractivity contribution in [3.05, 3.63) is 0 Å². The van der Waals surface area contributed by atoms with Crippen LogP contribution >= 0.6 is 0 Å². The minimum atomic E-state index is -1.43. The molecule has 0 aliphatic heterocycles. The second-order valence-electron chi connectivity index (χ2n) is 5.23. The molecule has 0 rings (SSSR count). The molecule has 0 fully saturated rings. The molecule has 1 amide bonds. The fraction of sp³-hybridized carbons (Fsp3) is 0.786. The lowest BCUT2D eigenvalue weighted by molar-refractivity contribution is -0.163. The molecule has 0 aromatic heterocycles. The van der Waals surface area contributed by atoms with Crippen LogP contribution in [0.4, 0.5) is 4.79 Å². The van der Waals surface area contributed by atoms with Crippen LogP contribution in [0.25, 0.3) is 0 Å². The summed E-state index contributed by atoms with van der Waals surface area (Å²) in [5.74, 6) is -1.54. The number of ether oxygens (including phenoxy) is 2. The summed E-state index contributed by atoms with van der Waals surface area (Å²) in [4.78, 5) is 33.9. The van der Waals surface area contributed by atoms with Gasteiger partial charge >= 0.3 is 18.0 Å². The molecule has 0 radical (unpaired) electrons. The Hall–Kier alpha value is -1.79. The van der Waals surface area contributed by atoms with Crippen molar-refractivity contribution in [3.8, 4) is 0 Å². The Morgan fingerprint density at radius 2 is 1.71 bits per heavy atom.